The van der Waals surface area contributed by atoms with Gasteiger partial charge in [-0.05, 0) is 49.3 Å². The molecule has 0 aliphatic rings. The van der Waals surface area contributed by atoms with Gasteiger partial charge in [-0.25, -0.2) is 4.39 Å². The summed E-state index contributed by atoms with van der Waals surface area (Å²) < 4.78 is 12.9. The normalized spacial score (nSPS) is 12.0. The zero-order valence-corrected chi connectivity index (χ0v) is 17.4. The fourth-order valence-electron chi connectivity index (χ4n) is 2.96. The largest absolute Gasteiger partial charge is 0.396 e. The smallest absolute Gasteiger partial charge is 0.224 e. The van der Waals surface area contributed by atoms with E-state index in [4.69, 9.17) is 0 Å². The second-order valence-electron chi connectivity index (χ2n) is 6.96. The van der Waals surface area contributed by atoms with Gasteiger partial charge in [-0.2, -0.15) is 0 Å². The van der Waals surface area contributed by atoms with E-state index in [9.17, 15) is 14.3 Å². The number of hydrogen-bond acceptors (Lipinski definition) is 3. The van der Waals surface area contributed by atoms with Gasteiger partial charge in [-0.15, -0.1) is 0 Å². The third-order valence-corrected chi connectivity index (χ3v) is 5.08. The highest BCUT2D eigenvalue weighted by atomic mass is 19.1. The molecule has 0 heterocycles. The number of benzene rings is 1. The summed E-state index contributed by atoms with van der Waals surface area (Å²) >= 11 is 0. The molecule has 28 heavy (non-hydrogen) atoms. The topological polar surface area (TPSA) is 85.8 Å². The Bertz CT molecular complexity index is 601. The highest BCUT2D eigenvalue weighted by Crippen LogP contribution is 2.30. The van der Waals surface area contributed by atoms with E-state index in [1.165, 1.54) is 12.1 Å². The Labute approximate surface area is 168 Å². The molecule has 1 rings (SSSR count). The van der Waals surface area contributed by atoms with Gasteiger partial charge in [-0.1, -0.05) is 26.0 Å². The third kappa shape index (κ3) is 8.69. The van der Waals surface area contributed by atoms with Crippen LogP contribution in [-0.2, 0) is 11.2 Å². The monoisotopic (exact) mass is 394 g/mol. The number of carbonyl (C=O) groups excluding carboxylic acids is 1. The van der Waals surface area contributed by atoms with E-state index >= 15 is 0 Å². The zero-order valence-electron chi connectivity index (χ0n) is 17.4. The van der Waals surface area contributed by atoms with Crippen LogP contribution < -0.4 is 16.0 Å². The first-order chi connectivity index (χ1) is 13.5. The van der Waals surface area contributed by atoms with Crippen LogP contribution >= 0.6 is 0 Å². The molecule has 0 fully saturated rings. The summed E-state index contributed by atoms with van der Waals surface area (Å²) in [4.78, 5) is 16.6. The number of nitrogens with zero attached hydrogens (tertiary/aromatic N) is 1. The van der Waals surface area contributed by atoms with Gasteiger partial charge >= 0.3 is 0 Å². The highest BCUT2D eigenvalue weighted by Gasteiger charge is 2.25. The first kappa shape index (κ1) is 23.9. The third-order valence-electron chi connectivity index (χ3n) is 5.08. The van der Waals surface area contributed by atoms with Crippen LogP contribution in [0.2, 0.25) is 0 Å². The average molecular weight is 395 g/mol. The summed E-state index contributed by atoms with van der Waals surface area (Å²) in [6.45, 7) is 8.84. The van der Waals surface area contributed by atoms with Crippen molar-refractivity contribution in [3.63, 3.8) is 0 Å². The van der Waals surface area contributed by atoms with Crippen molar-refractivity contribution in [3.8, 4) is 0 Å². The van der Waals surface area contributed by atoms with Crippen molar-refractivity contribution in [2.75, 3.05) is 32.8 Å². The van der Waals surface area contributed by atoms with Gasteiger partial charge in [0.05, 0.1) is 6.42 Å². The fourth-order valence-corrected chi connectivity index (χ4v) is 2.96. The van der Waals surface area contributed by atoms with Crippen molar-refractivity contribution in [2.24, 2.45) is 10.4 Å². The number of aliphatic imine (C=N–C) groups is 1. The zero-order chi connectivity index (χ0) is 20.8. The van der Waals surface area contributed by atoms with Crippen molar-refractivity contribution in [2.45, 2.75) is 46.5 Å². The molecule has 4 N–H and O–H groups in total. The standard InChI is InChI=1S/C21H35FN4O2/c1-4-21(5-2,11-14-27)16-26-20(23-6-3)25-13-12-24-19(28)15-17-7-9-18(22)10-8-17/h7-10,27H,4-6,11-16H2,1-3H3,(H,24,28)(H2,23,25,26). The number of aliphatic hydroxyl groups excluding tert-OH is 1. The average Bonchev–Trinajstić information content (AvgIpc) is 2.70. The van der Waals surface area contributed by atoms with Gasteiger partial charge in [0.15, 0.2) is 5.96 Å². The van der Waals surface area contributed by atoms with E-state index in [0.717, 1.165) is 31.4 Å². The number of aliphatic hydroxyl groups is 1. The lowest BCUT2D eigenvalue weighted by molar-refractivity contribution is -0.120. The molecule has 0 bridgehead atoms. The Morgan fingerprint density at radius 1 is 1.07 bits per heavy atom. The molecule has 0 unspecified atom stereocenters. The first-order valence-corrected chi connectivity index (χ1v) is 10.1. The molecule has 0 aliphatic heterocycles. The molecule has 0 saturated carbocycles. The van der Waals surface area contributed by atoms with Gasteiger partial charge < -0.3 is 21.1 Å². The molecule has 1 aromatic rings. The molecule has 0 aliphatic carbocycles. The van der Waals surface area contributed by atoms with Crippen LogP contribution in [0.15, 0.2) is 29.3 Å². The lowest BCUT2D eigenvalue weighted by atomic mass is 9.79. The number of rotatable bonds is 12. The number of hydrogen-bond donors (Lipinski definition) is 4. The van der Waals surface area contributed by atoms with Gasteiger partial charge in [0.2, 0.25) is 5.91 Å². The van der Waals surface area contributed by atoms with E-state index in [-0.39, 0.29) is 30.2 Å². The summed E-state index contributed by atoms with van der Waals surface area (Å²) in [7, 11) is 0. The van der Waals surface area contributed by atoms with E-state index < -0.39 is 0 Å². The van der Waals surface area contributed by atoms with Crippen molar-refractivity contribution < 1.29 is 14.3 Å². The van der Waals surface area contributed by atoms with Gasteiger partial charge in [-0.3, -0.25) is 9.79 Å². The van der Waals surface area contributed by atoms with Gasteiger partial charge in [0.1, 0.15) is 5.82 Å². The second-order valence-corrected chi connectivity index (χ2v) is 6.96. The molecular formula is C21H35FN4O2. The Morgan fingerprint density at radius 2 is 1.71 bits per heavy atom. The van der Waals surface area contributed by atoms with E-state index in [0.29, 0.717) is 25.6 Å². The van der Waals surface area contributed by atoms with Crippen molar-refractivity contribution in [1.82, 2.24) is 16.0 Å². The van der Waals surface area contributed by atoms with Crippen molar-refractivity contribution >= 4 is 11.9 Å². The van der Waals surface area contributed by atoms with E-state index in [1.807, 2.05) is 6.92 Å². The number of carbonyl (C=O) groups is 1. The van der Waals surface area contributed by atoms with Crippen LogP contribution in [0.25, 0.3) is 0 Å². The minimum atomic E-state index is -0.308. The predicted molar refractivity (Wildman–Crippen MR) is 112 cm³/mol. The molecule has 7 heteroatoms. The first-order valence-electron chi connectivity index (χ1n) is 10.1. The Hall–Kier alpha value is -2.15. The molecular weight excluding hydrogens is 359 g/mol. The summed E-state index contributed by atoms with van der Waals surface area (Å²) in [5, 5.41) is 18.6. The second kappa shape index (κ2) is 13.1. The van der Waals surface area contributed by atoms with Crippen LogP contribution in [0, 0.1) is 11.2 Å². The van der Waals surface area contributed by atoms with Crippen LogP contribution in [0.4, 0.5) is 4.39 Å². The maximum Gasteiger partial charge on any atom is 0.224 e. The van der Waals surface area contributed by atoms with E-state index in [2.05, 4.69) is 34.8 Å². The molecule has 0 radical (unpaired) electrons. The van der Waals surface area contributed by atoms with Gasteiger partial charge in [0.25, 0.3) is 0 Å². The van der Waals surface area contributed by atoms with Crippen LogP contribution in [-0.4, -0.2) is 49.8 Å². The maximum absolute atomic E-state index is 12.9. The molecule has 6 nitrogen and oxygen atoms in total. The lowest BCUT2D eigenvalue weighted by Crippen LogP contribution is -2.42. The molecule has 0 aromatic heterocycles. The highest BCUT2D eigenvalue weighted by molar-refractivity contribution is 5.80. The summed E-state index contributed by atoms with van der Waals surface area (Å²) in [6.07, 6.45) is 2.90. The van der Waals surface area contributed by atoms with Gasteiger partial charge in [0, 0.05) is 32.8 Å². The Morgan fingerprint density at radius 3 is 2.29 bits per heavy atom. The maximum atomic E-state index is 12.9. The minimum absolute atomic E-state index is 0.0144. The number of amides is 1. The number of nitrogens with one attached hydrogen (secondary N) is 3. The van der Waals surface area contributed by atoms with Crippen molar-refractivity contribution in [1.29, 1.82) is 0 Å². The fraction of sp³-hybridized carbons (Fsp3) is 0.619. The molecule has 1 amide bonds. The molecule has 1 aromatic carbocycles. The molecule has 0 spiro atoms. The molecule has 0 saturated heterocycles. The number of halogens is 1. The van der Waals surface area contributed by atoms with Crippen LogP contribution in [0.3, 0.4) is 0 Å². The molecule has 0 atom stereocenters. The van der Waals surface area contributed by atoms with Crippen LogP contribution in [0.5, 0.6) is 0 Å². The SMILES string of the molecule is CCNC(=NCC(CC)(CC)CCO)NCCNC(=O)Cc1ccc(F)cc1. The quantitative estimate of drug-likeness (QED) is 0.249. The van der Waals surface area contributed by atoms with Crippen molar-refractivity contribution in [3.05, 3.63) is 35.6 Å². The van der Waals surface area contributed by atoms with E-state index in [1.54, 1.807) is 12.1 Å². The number of guanidine groups is 1. The minimum Gasteiger partial charge on any atom is -0.396 e. The molecule has 158 valence electrons. The van der Waals surface area contributed by atoms with Crippen LogP contribution in [0.1, 0.15) is 45.6 Å². The Kier molecular flexibility index (Phi) is 11.2. The summed E-state index contributed by atoms with van der Waals surface area (Å²) in [5.41, 5.74) is 0.793. The lowest BCUT2D eigenvalue weighted by Gasteiger charge is -2.29. The summed E-state index contributed by atoms with van der Waals surface area (Å²) in [6, 6.07) is 5.94. The predicted octanol–water partition coefficient (Wildman–Crippen LogP) is 2.23. The Balaban J connectivity index is 2.45. The summed E-state index contributed by atoms with van der Waals surface area (Å²) in [5.74, 6) is 0.298.